The lowest BCUT2D eigenvalue weighted by Gasteiger charge is -2.33. The molecule has 1 aliphatic heterocycles. The molecule has 1 fully saturated rings. The number of guanidine groups is 1. The van der Waals surface area contributed by atoms with Gasteiger partial charge in [0.05, 0.1) is 5.01 Å². The van der Waals surface area contributed by atoms with Crippen molar-refractivity contribution in [3.8, 4) is 0 Å². The number of likely N-dealkylation sites (N-methyl/N-ethyl adjacent to an activating group) is 1. The van der Waals surface area contributed by atoms with Crippen LogP contribution in [0.1, 0.15) is 16.3 Å². The molecule has 1 saturated heterocycles. The molecule has 31 heavy (non-hydrogen) atoms. The van der Waals surface area contributed by atoms with E-state index in [-0.39, 0.29) is 24.0 Å². The summed E-state index contributed by atoms with van der Waals surface area (Å²) in [5.41, 5.74) is 0.246. The number of thiazole rings is 1. The number of piperazine rings is 1. The third-order valence-electron chi connectivity index (χ3n) is 4.79. The lowest BCUT2D eigenvalue weighted by Crippen LogP contribution is -2.44. The van der Waals surface area contributed by atoms with E-state index in [2.05, 4.69) is 48.5 Å². The minimum Gasteiger partial charge on any atom is -0.356 e. The third-order valence-corrected chi connectivity index (χ3v) is 5.70. The maximum atomic E-state index is 12.6. The van der Waals surface area contributed by atoms with Crippen LogP contribution in [0.4, 0.5) is 19.0 Å². The molecule has 0 atom stereocenters. The highest BCUT2D eigenvalue weighted by Crippen LogP contribution is 2.30. The van der Waals surface area contributed by atoms with E-state index >= 15 is 0 Å². The van der Waals surface area contributed by atoms with Gasteiger partial charge in [0.25, 0.3) is 0 Å². The number of nitrogens with one attached hydrogen (secondary N) is 2. The van der Waals surface area contributed by atoms with Gasteiger partial charge < -0.3 is 20.4 Å². The van der Waals surface area contributed by atoms with Crippen molar-refractivity contribution >= 4 is 47.1 Å². The first kappa shape index (κ1) is 25.6. The molecule has 7 nitrogen and oxygen atoms in total. The number of pyridine rings is 1. The van der Waals surface area contributed by atoms with Gasteiger partial charge in [-0.25, -0.2) is 9.97 Å². The highest BCUT2D eigenvalue weighted by Gasteiger charge is 2.33. The van der Waals surface area contributed by atoms with Gasteiger partial charge in [-0.05, 0) is 24.7 Å². The minimum atomic E-state index is -4.40. The first-order valence-corrected chi connectivity index (χ1v) is 10.6. The Morgan fingerprint density at radius 1 is 1.23 bits per heavy atom. The van der Waals surface area contributed by atoms with Crippen LogP contribution in [-0.2, 0) is 19.1 Å². The Morgan fingerprint density at radius 2 is 1.97 bits per heavy atom. The Bertz CT molecular complexity index is 851. The topological polar surface area (TPSA) is 68.7 Å². The van der Waals surface area contributed by atoms with E-state index in [1.54, 1.807) is 7.05 Å². The standard InChI is InChI=1S/C19H26F3N7S.HI/c1-23-18(25-6-4-17-27-15(13-30-17)19(20,21)22)26-12-14-3-5-24-16(11-14)29-9-7-28(2)8-10-29;/h3,5,11,13H,4,6-10,12H2,1-2H3,(H2,23,25,26);1H. The van der Waals surface area contributed by atoms with Crippen molar-refractivity contribution < 1.29 is 13.2 Å². The summed E-state index contributed by atoms with van der Waals surface area (Å²) in [5, 5.41) is 7.82. The number of hydrogen-bond acceptors (Lipinski definition) is 6. The molecule has 3 rings (SSSR count). The van der Waals surface area contributed by atoms with E-state index in [9.17, 15) is 13.2 Å². The second-order valence-electron chi connectivity index (χ2n) is 7.04. The number of halogens is 4. The molecule has 0 unspecified atom stereocenters. The summed E-state index contributed by atoms with van der Waals surface area (Å²) in [6, 6.07) is 4.02. The molecule has 2 aromatic heterocycles. The molecule has 3 heterocycles. The van der Waals surface area contributed by atoms with Crippen LogP contribution in [0.15, 0.2) is 28.7 Å². The molecular weight excluding hydrogens is 542 g/mol. The fourth-order valence-electron chi connectivity index (χ4n) is 3.03. The van der Waals surface area contributed by atoms with Gasteiger partial charge in [0.2, 0.25) is 0 Å². The number of aliphatic imine (C=N–C) groups is 1. The molecule has 2 N–H and O–H groups in total. The number of hydrogen-bond donors (Lipinski definition) is 2. The van der Waals surface area contributed by atoms with Crippen LogP contribution in [0.2, 0.25) is 0 Å². The van der Waals surface area contributed by atoms with Crippen LogP contribution in [0.25, 0.3) is 0 Å². The number of alkyl halides is 3. The number of rotatable bonds is 6. The van der Waals surface area contributed by atoms with Crippen molar-refractivity contribution in [2.75, 3.05) is 51.7 Å². The fraction of sp³-hybridized carbons (Fsp3) is 0.526. The summed E-state index contributed by atoms with van der Waals surface area (Å²) in [5.74, 6) is 1.55. The maximum Gasteiger partial charge on any atom is 0.434 e. The highest BCUT2D eigenvalue weighted by atomic mass is 127. The highest BCUT2D eigenvalue weighted by molar-refractivity contribution is 14.0. The number of nitrogens with zero attached hydrogens (tertiary/aromatic N) is 5. The van der Waals surface area contributed by atoms with Gasteiger partial charge in [-0.1, -0.05) is 0 Å². The van der Waals surface area contributed by atoms with Crippen molar-refractivity contribution in [1.29, 1.82) is 0 Å². The van der Waals surface area contributed by atoms with Crippen LogP contribution in [-0.4, -0.2) is 67.6 Å². The van der Waals surface area contributed by atoms with Gasteiger partial charge in [0.1, 0.15) is 5.82 Å². The maximum absolute atomic E-state index is 12.6. The third kappa shape index (κ3) is 7.75. The van der Waals surface area contributed by atoms with Gasteiger partial charge in [-0.15, -0.1) is 35.3 Å². The zero-order valence-electron chi connectivity index (χ0n) is 17.4. The quantitative estimate of drug-likeness (QED) is 0.317. The van der Waals surface area contributed by atoms with Gasteiger partial charge in [0.15, 0.2) is 11.7 Å². The predicted molar refractivity (Wildman–Crippen MR) is 128 cm³/mol. The van der Waals surface area contributed by atoms with E-state index in [0.29, 0.717) is 30.5 Å². The Labute approximate surface area is 201 Å². The van der Waals surface area contributed by atoms with Crippen LogP contribution in [0, 0.1) is 0 Å². The van der Waals surface area contributed by atoms with Crippen molar-refractivity contribution in [2.24, 2.45) is 4.99 Å². The Kier molecular flexibility index (Phi) is 9.75. The zero-order valence-corrected chi connectivity index (χ0v) is 20.6. The molecule has 0 spiro atoms. The van der Waals surface area contributed by atoms with E-state index < -0.39 is 11.9 Å². The van der Waals surface area contributed by atoms with E-state index in [1.807, 2.05) is 12.3 Å². The molecule has 0 amide bonds. The zero-order chi connectivity index (χ0) is 21.6. The largest absolute Gasteiger partial charge is 0.434 e. The van der Waals surface area contributed by atoms with E-state index in [1.165, 1.54) is 0 Å². The van der Waals surface area contributed by atoms with E-state index in [4.69, 9.17) is 0 Å². The first-order chi connectivity index (χ1) is 14.3. The molecule has 12 heteroatoms. The Hall–Kier alpha value is -1.67. The van der Waals surface area contributed by atoms with Gasteiger partial charge in [-0.2, -0.15) is 13.2 Å². The van der Waals surface area contributed by atoms with Crippen molar-refractivity contribution in [1.82, 2.24) is 25.5 Å². The fourth-order valence-corrected chi connectivity index (χ4v) is 3.83. The summed E-state index contributed by atoms with van der Waals surface area (Å²) >= 11 is 1.02. The molecule has 0 bridgehead atoms. The lowest BCUT2D eigenvalue weighted by molar-refractivity contribution is -0.140. The molecule has 0 saturated carbocycles. The molecule has 1 aliphatic rings. The molecule has 2 aromatic rings. The van der Waals surface area contributed by atoms with Crippen LogP contribution in [0.3, 0.4) is 0 Å². The van der Waals surface area contributed by atoms with E-state index in [0.717, 1.165) is 54.3 Å². The summed E-state index contributed by atoms with van der Waals surface area (Å²) < 4.78 is 37.9. The minimum absolute atomic E-state index is 0. The molecular formula is C19H27F3IN7S. The molecule has 0 aliphatic carbocycles. The molecule has 172 valence electrons. The van der Waals surface area contributed by atoms with Gasteiger partial charge in [0, 0.05) is 64.3 Å². The van der Waals surface area contributed by atoms with Crippen molar-refractivity contribution in [2.45, 2.75) is 19.1 Å². The first-order valence-electron chi connectivity index (χ1n) is 9.69. The summed E-state index contributed by atoms with van der Waals surface area (Å²) in [6.45, 7) is 4.95. The predicted octanol–water partition coefficient (Wildman–Crippen LogP) is 2.83. The summed E-state index contributed by atoms with van der Waals surface area (Å²) in [7, 11) is 3.77. The van der Waals surface area contributed by atoms with Gasteiger partial charge >= 0.3 is 6.18 Å². The average Bonchev–Trinajstić information content (AvgIpc) is 3.21. The van der Waals surface area contributed by atoms with Crippen LogP contribution in [0.5, 0.6) is 0 Å². The monoisotopic (exact) mass is 569 g/mol. The van der Waals surface area contributed by atoms with Gasteiger partial charge in [-0.3, -0.25) is 4.99 Å². The Balaban J connectivity index is 0.00000341. The average molecular weight is 569 g/mol. The second kappa shape index (κ2) is 11.8. The normalized spacial score (nSPS) is 15.5. The molecule has 0 aromatic carbocycles. The van der Waals surface area contributed by atoms with Crippen molar-refractivity contribution in [3.05, 3.63) is 40.0 Å². The Morgan fingerprint density at radius 3 is 2.61 bits per heavy atom. The number of aromatic nitrogens is 2. The summed E-state index contributed by atoms with van der Waals surface area (Å²) in [6.07, 6.45) is -2.20. The molecule has 0 radical (unpaired) electrons. The number of anilines is 1. The van der Waals surface area contributed by atoms with Crippen molar-refractivity contribution in [3.63, 3.8) is 0 Å². The summed E-state index contributed by atoms with van der Waals surface area (Å²) in [4.78, 5) is 16.9. The lowest BCUT2D eigenvalue weighted by atomic mass is 10.2. The smallest absolute Gasteiger partial charge is 0.356 e. The second-order valence-corrected chi connectivity index (χ2v) is 7.98. The van der Waals surface area contributed by atoms with Crippen LogP contribution >= 0.6 is 35.3 Å². The SMILES string of the molecule is CN=C(NCCc1nc(C(F)(F)F)cs1)NCc1ccnc(N2CCN(C)CC2)c1.I. The van der Waals surface area contributed by atoms with Crippen LogP contribution < -0.4 is 15.5 Å².